The fraction of sp³-hybridized carbons (Fsp3) is 0.778. The zero-order valence-electron chi connectivity index (χ0n) is 14.6. The van der Waals surface area contributed by atoms with Gasteiger partial charge in [0.05, 0.1) is 5.92 Å². The molecule has 0 aliphatic carbocycles. The van der Waals surface area contributed by atoms with Crippen LogP contribution in [0.1, 0.15) is 53.4 Å². The van der Waals surface area contributed by atoms with Crippen LogP contribution in [0, 0.1) is 17.8 Å². The van der Waals surface area contributed by atoms with E-state index in [2.05, 4.69) is 45.2 Å². The number of imide groups is 1. The Morgan fingerprint density at radius 1 is 1.27 bits per heavy atom. The maximum Gasteiger partial charge on any atom is 0.233 e. The molecule has 0 spiro atoms. The quantitative estimate of drug-likeness (QED) is 0.383. The Labute approximate surface area is 135 Å². The van der Waals surface area contributed by atoms with Crippen molar-refractivity contribution < 1.29 is 9.59 Å². The molecule has 1 rings (SSSR count). The Bertz CT molecular complexity index is 391. The minimum Gasteiger partial charge on any atom is -0.315 e. The first-order valence-corrected chi connectivity index (χ1v) is 8.67. The standard InChI is InChI=1S/C18H32N2O2/c1-5-9-19-10-11-20-17(21)13-16(18(20)22)8-6-7-15(4)12-14(2)3/h6-7,14-16,19H,5,8-13H2,1-4H3. The van der Waals surface area contributed by atoms with Gasteiger partial charge in [-0.1, -0.05) is 39.8 Å². The van der Waals surface area contributed by atoms with E-state index in [4.69, 9.17) is 0 Å². The number of amides is 2. The normalized spacial score (nSPS) is 20.6. The Hall–Kier alpha value is -1.16. The fourth-order valence-electron chi connectivity index (χ4n) is 2.96. The predicted molar refractivity (Wildman–Crippen MR) is 90.4 cm³/mol. The molecule has 1 fully saturated rings. The van der Waals surface area contributed by atoms with Gasteiger partial charge >= 0.3 is 0 Å². The largest absolute Gasteiger partial charge is 0.315 e. The smallest absolute Gasteiger partial charge is 0.233 e. The molecule has 0 bridgehead atoms. The molecule has 2 atom stereocenters. The van der Waals surface area contributed by atoms with Gasteiger partial charge in [0.1, 0.15) is 0 Å². The van der Waals surface area contributed by atoms with Crippen molar-refractivity contribution in [3.05, 3.63) is 12.2 Å². The Kier molecular flexibility index (Phi) is 8.39. The summed E-state index contributed by atoms with van der Waals surface area (Å²) in [5.74, 6) is 1.05. The van der Waals surface area contributed by atoms with Crippen molar-refractivity contribution in [1.29, 1.82) is 0 Å². The number of hydrogen-bond acceptors (Lipinski definition) is 3. The van der Waals surface area contributed by atoms with Crippen molar-refractivity contribution in [2.45, 2.75) is 53.4 Å². The summed E-state index contributed by atoms with van der Waals surface area (Å²) in [6, 6.07) is 0. The number of allylic oxidation sites excluding steroid dienone is 2. The molecule has 0 aromatic heterocycles. The second-order valence-electron chi connectivity index (χ2n) is 6.81. The summed E-state index contributed by atoms with van der Waals surface area (Å²) in [7, 11) is 0. The molecule has 4 heteroatoms. The molecule has 0 saturated carbocycles. The van der Waals surface area contributed by atoms with E-state index in [0.29, 0.717) is 37.8 Å². The maximum atomic E-state index is 12.3. The summed E-state index contributed by atoms with van der Waals surface area (Å²) >= 11 is 0. The van der Waals surface area contributed by atoms with E-state index in [0.717, 1.165) is 19.4 Å². The van der Waals surface area contributed by atoms with Crippen LogP contribution in [0.4, 0.5) is 0 Å². The summed E-state index contributed by atoms with van der Waals surface area (Å²) in [5.41, 5.74) is 0. The van der Waals surface area contributed by atoms with Crippen LogP contribution in [0.15, 0.2) is 12.2 Å². The first kappa shape index (κ1) is 18.9. The third-order valence-electron chi connectivity index (χ3n) is 4.00. The van der Waals surface area contributed by atoms with E-state index in [1.165, 1.54) is 4.90 Å². The summed E-state index contributed by atoms with van der Waals surface area (Å²) in [4.78, 5) is 25.7. The van der Waals surface area contributed by atoms with Gasteiger partial charge in [0.2, 0.25) is 11.8 Å². The molecule has 1 aliphatic heterocycles. The highest BCUT2D eigenvalue weighted by molar-refractivity contribution is 6.03. The highest BCUT2D eigenvalue weighted by Gasteiger charge is 2.37. The minimum atomic E-state index is -0.152. The monoisotopic (exact) mass is 308 g/mol. The van der Waals surface area contributed by atoms with E-state index in [-0.39, 0.29) is 17.7 Å². The first-order chi connectivity index (χ1) is 10.5. The lowest BCUT2D eigenvalue weighted by Crippen LogP contribution is -2.37. The Morgan fingerprint density at radius 3 is 2.64 bits per heavy atom. The number of carbonyl (C=O) groups excluding carboxylic acids is 2. The van der Waals surface area contributed by atoms with E-state index < -0.39 is 0 Å². The first-order valence-electron chi connectivity index (χ1n) is 8.67. The highest BCUT2D eigenvalue weighted by Crippen LogP contribution is 2.23. The van der Waals surface area contributed by atoms with Crippen LogP contribution in [0.25, 0.3) is 0 Å². The molecule has 126 valence electrons. The molecule has 1 aliphatic rings. The second kappa shape index (κ2) is 9.78. The summed E-state index contributed by atoms with van der Waals surface area (Å²) in [6.45, 7) is 10.9. The van der Waals surface area contributed by atoms with Gasteiger partial charge in [0, 0.05) is 19.5 Å². The van der Waals surface area contributed by atoms with Crippen molar-refractivity contribution in [1.82, 2.24) is 10.2 Å². The number of nitrogens with one attached hydrogen (secondary N) is 1. The van der Waals surface area contributed by atoms with Gasteiger partial charge in [-0.15, -0.1) is 0 Å². The van der Waals surface area contributed by atoms with Gasteiger partial charge in [0.15, 0.2) is 0 Å². The zero-order chi connectivity index (χ0) is 16.5. The molecular weight excluding hydrogens is 276 g/mol. The molecule has 0 aromatic rings. The van der Waals surface area contributed by atoms with Crippen LogP contribution in [0.3, 0.4) is 0 Å². The minimum absolute atomic E-state index is 0.00413. The lowest BCUT2D eigenvalue weighted by molar-refractivity contribution is -0.139. The third-order valence-corrected chi connectivity index (χ3v) is 4.00. The zero-order valence-corrected chi connectivity index (χ0v) is 14.6. The number of likely N-dealkylation sites (tertiary alicyclic amines) is 1. The molecular formula is C18H32N2O2. The summed E-state index contributed by atoms with van der Waals surface area (Å²) in [6.07, 6.45) is 7.54. The lowest BCUT2D eigenvalue weighted by atomic mass is 9.97. The number of rotatable bonds is 10. The fourth-order valence-corrected chi connectivity index (χ4v) is 2.96. The maximum absolute atomic E-state index is 12.3. The van der Waals surface area contributed by atoms with E-state index in [1.54, 1.807) is 0 Å². The molecule has 2 unspecified atom stereocenters. The molecule has 0 radical (unpaired) electrons. The molecule has 1 saturated heterocycles. The topological polar surface area (TPSA) is 49.4 Å². The van der Waals surface area contributed by atoms with Gasteiger partial charge in [-0.2, -0.15) is 0 Å². The average Bonchev–Trinajstić information content (AvgIpc) is 2.70. The Morgan fingerprint density at radius 2 is 2.00 bits per heavy atom. The molecule has 22 heavy (non-hydrogen) atoms. The van der Waals surface area contributed by atoms with E-state index in [9.17, 15) is 9.59 Å². The van der Waals surface area contributed by atoms with Crippen LogP contribution in [-0.4, -0.2) is 36.3 Å². The molecule has 1 heterocycles. The molecule has 4 nitrogen and oxygen atoms in total. The lowest BCUT2D eigenvalue weighted by Gasteiger charge is -2.15. The SMILES string of the molecule is CCCNCCN1C(=O)CC(CC=CC(C)CC(C)C)C1=O. The predicted octanol–water partition coefficient (Wildman–Crippen LogP) is 2.99. The van der Waals surface area contributed by atoms with E-state index >= 15 is 0 Å². The van der Waals surface area contributed by atoms with Gasteiger partial charge in [-0.3, -0.25) is 14.5 Å². The van der Waals surface area contributed by atoms with Gasteiger partial charge < -0.3 is 5.32 Å². The van der Waals surface area contributed by atoms with Crippen LogP contribution in [-0.2, 0) is 9.59 Å². The van der Waals surface area contributed by atoms with Crippen molar-refractivity contribution in [3.8, 4) is 0 Å². The highest BCUT2D eigenvalue weighted by atomic mass is 16.2. The van der Waals surface area contributed by atoms with Gasteiger partial charge in [-0.05, 0) is 37.6 Å². The number of hydrogen-bond donors (Lipinski definition) is 1. The molecule has 2 amide bonds. The molecule has 0 aromatic carbocycles. The third kappa shape index (κ3) is 6.30. The van der Waals surface area contributed by atoms with Crippen LogP contribution in [0.5, 0.6) is 0 Å². The van der Waals surface area contributed by atoms with Crippen molar-refractivity contribution in [3.63, 3.8) is 0 Å². The van der Waals surface area contributed by atoms with Crippen molar-refractivity contribution >= 4 is 11.8 Å². The number of carbonyl (C=O) groups is 2. The van der Waals surface area contributed by atoms with Gasteiger partial charge in [0.25, 0.3) is 0 Å². The average molecular weight is 308 g/mol. The van der Waals surface area contributed by atoms with Gasteiger partial charge in [-0.25, -0.2) is 0 Å². The number of nitrogens with zero attached hydrogens (tertiary/aromatic N) is 1. The summed E-state index contributed by atoms with van der Waals surface area (Å²) < 4.78 is 0. The van der Waals surface area contributed by atoms with Crippen LogP contribution >= 0.6 is 0 Å². The van der Waals surface area contributed by atoms with Crippen molar-refractivity contribution in [2.75, 3.05) is 19.6 Å². The van der Waals surface area contributed by atoms with Crippen molar-refractivity contribution in [2.24, 2.45) is 17.8 Å². The second-order valence-corrected chi connectivity index (χ2v) is 6.81. The van der Waals surface area contributed by atoms with E-state index in [1.807, 2.05) is 0 Å². The van der Waals surface area contributed by atoms with Crippen LogP contribution in [0.2, 0.25) is 0 Å². The molecule has 1 N–H and O–H groups in total. The Balaban J connectivity index is 2.38. The van der Waals surface area contributed by atoms with Crippen LogP contribution < -0.4 is 5.32 Å². The summed E-state index contributed by atoms with van der Waals surface area (Å²) in [5, 5.41) is 3.23.